The minimum absolute atomic E-state index is 0.00315. The fourth-order valence-corrected chi connectivity index (χ4v) is 2.25. The SMILES string of the molecule is CC1NCCC1C(=O)Nc1cc(F)ccc1C(=O)O. The number of amides is 1. The van der Waals surface area contributed by atoms with Crippen LogP contribution in [0.2, 0.25) is 0 Å². The van der Waals surface area contributed by atoms with Gasteiger partial charge in [-0.2, -0.15) is 0 Å². The highest BCUT2D eigenvalue weighted by Gasteiger charge is 2.30. The lowest BCUT2D eigenvalue weighted by atomic mass is 10.0. The van der Waals surface area contributed by atoms with Crippen LogP contribution in [0, 0.1) is 11.7 Å². The van der Waals surface area contributed by atoms with Gasteiger partial charge in [-0.15, -0.1) is 0 Å². The Labute approximate surface area is 109 Å². The molecule has 2 rings (SSSR count). The molecule has 2 unspecified atom stereocenters. The lowest BCUT2D eigenvalue weighted by molar-refractivity contribution is -0.120. The van der Waals surface area contributed by atoms with Gasteiger partial charge in [0, 0.05) is 6.04 Å². The predicted octanol–water partition coefficient (Wildman–Crippen LogP) is 1.46. The number of carboxylic acids is 1. The van der Waals surface area contributed by atoms with Crippen LogP contribution in [0.25, 0.3) is 0 Å². The predicted molar refractivity (Wildman–Crippen MR) is 67.6 cm³/mol. The van der Waals surface area contributed by atoms with Crippen molar-refractivity contribution >= 4 is 17.6 Å². The van der Waals surface area contributed by atoms with Crippen LogP contribution >= 0.6 is 0 Å². The third-order valence-corrected chi connectivity index (χ3v) is 3.33. The maximum Gasteiger partial charge on any atom is 0.337 e. The van der Waals surface area contributed by atoms with Crippen molar-refractivity contribution in [3.05, 3.63) is 29.6 Å². The van der Waals surface area contributed by atoms with Gasteiger partial charge in [-0.3, -0.25) is 4.79 Å². The highest BCUT2D eigenvalue weighted by atomic mass is 19.1. The van der Waals surface area contributed by atoms with E-state index in [1.807, 2.05) is 6.92 Å². The van der Waals surface area contributed by atoms with Crippen LogP contribution in [0.4, 0.5) is 10.1 Å². The molecule has 0 aromatic heterocycles. The number of hydrogen-bond donors (Lipinski definition) is 3. The van der Waals surface area contributed by atoms with Crippen molar-refractivity contribution < 1.29 is 19.1 Å². The average molecular weight is 266 g/mol. The number of aromatic carboxylic acids is 1. The van der Waals surface area contributed by atoms with Crippen molar-refractivity contribution in [2.45, 2.75) is 19.4 Å². The molecule has 0 saturated carbocycles. The summed E-state index contributed by atoms with van der Waals surface area (Å²) in [5.41, 5.74) is -0.120. The van der Waals surface area contributed by atoms with Crippen molar-refractivity contribution in [3.8, 4) is 0 Å². The van der Waals surface area contributed by atoms with E-state index in [1.54, 1.807) is 0 Å². The summed E-state index contributed by atoms with van der Waals surface area (Å²) in [5, 5.41) is 14.6. The van der Waals surface area contributed by atoms with Crippen molar-refractivity contribution in [1.29, 1.82) is 0 Å². The molecule has 1 heterocycles. The first kappa shape index (κ1) is 13.5. The number of halogens is 1. The van der Waals surface area contributed by atoms with E-state index in [2.05, 4.69) is 10.6 Å². The number of benzene rings is 1. The number of anilines is 1. The molecule has 6 heteroatoms. The first-order valence-corrected chi connectivity index (χ1v) is 6.06. The summed E-state index contributed by atoms with van der Waals surface area (Å²) >= 11 is 0. The molecule has 5 nitrogen and oxygen atoms in total. The molecule has 1 aliphatic rings. The zero-order valence-electron chi connectivity index (χ0n) is 10.4. The monoisotopic (exact) mass is 266 g/mol. The molecule has 1 aromatic carbocycles. The molecule has 1 aromatic rings. The maximum atomic E-state index is 13.2. The quantitative estimate of drug-likeness (QED) is 0.774. The number of carbonyl (C=O) groups is 2. The van der Waals surface area contributed by atoms with Gasteiger partial charge in [0.05, 0.1) is 17.2 Å². The maximum absolute atomic E-state index is 13.2. The van der Waals surface area contributed by atoms with Gasteiger partial charge in [0.2, 0.25) is 5.91 Å². The Morgan fingerprint density at radius 3 is 2.79 bits per heavy atom. The summed E-state index contributed by atoms with van der Waals surface area (Å²) in [6.45, 7) is 2.63. The summed E-state index contributed by atoms with van der Waals surface area (Å²) in [7, 11) is 0. The van der Waals surface area contributed by atoms with Crippen LogP contribution in [-0.2, 0) is 4.79 Å². The molecule has 1 amide bonds. The van der Waals surface area contributed by atoms with Gasteiger partial charge < -0.3 is 15.7 Å². The molecule has 19 heavy (non-hydrogen) atoms. The first-order chi connectivity index (χ1) is 8.99. The third-order valence-electron chi connectivity index (χ3n) is 3.33. The number of hydrogen-bond acceptors (Lipinski definition) is 3. The lowest BCUT2D eigenvalue weighted by Gasteiger charge is -2.16. The number of carboxylic acid groups (broad SMARTS) is 1. The smallest absolute Gasteiger partial charge is 0.337 e. The molecule has 1 saturated heterocycles. The average Bonchev–Trinajstić information content (AvgIpc) is 2.75. The normalized spacial score (nSPS) is 22.2. The zero-order valence-corrected chi connectivity index (χ0v) is 10.4. The highest BCUT2D eigenvalue weighted by Crippen LogP contribution is 2.21. The van der Waals surface area contributed by atoms with E-state index in [1.165, 1.54) is 0 Å². The van der Waals surface area contributed by atoms with E-state index in [0.29, 0.717) is 6.42 Å². The van der Waals surface area contributed by atoms with E-state index in [4.69, 9.17) is 5.11 Å². The van der Waals surface area contributed by atoms with Crippen LogP contribution in [0.1, 0.15) is 23.7 Å². The minimum atomic E-state index is -1.20. The molecule has 0 aliphatic carbocycles. The summed E-state index contributed by atoms with van der Waals surface area (Å²) in [5.74, 6) is -2.30. The Kier molecular flexibility index (Phi) is 3.80. The Morgan fingerprint density at radius 2 is 2.21 bits per heavy atom. The van der Waals surface area contributed by atoms with Crippen molar-refractivity contribution in [2.75, 3.05) is 11.9 Å². The van der Waals surface area contributed by atoms with E-state index in [9.17, 15) is 14.0 Å². The topological polar surface area (TPSA) is 78.4 Å². The van der Waals surface area contributed by atoms with E-state index in [0.717, 1.165) is 24.7 Å². The fourth-order valence-electron chi connectivity index (χ4n) is 2.25. The summed E-state index contributed by atoms with van der Waals surface area (Å²) in [6, 6.07) is 3.25. The van der Waals surface area contributed by atoms with Gasteiger partial charge in [0.25, 0.3) is 0 Å². The Morgan fingerprint density at radius 1 is 1.47 bits per heavy atom. The molecule has 3 N–H and O–H groups in total. The second kappa shape index (κ2) is 5.36. The van der Waals surface area contributed by atoms with Crippen molar-refractivity contribution in [3.63, 3.8) is 0 Å². The Balaban J connectivity index is 2.20. The first-order valence-electron chi connectivity index (χ1n) is 6.06. The van der Waals surface area contributed by atoms with E-state index in [-0.39, 0.29) is 29.1 Å². The van der Waals surface area contributed by atoms with Crippen LogP contribution in [0.3, 0.4) is 0 Å². The van der Waals surface area contributed by atoms with E-state index >= 15 is 0 Å². The van der Waals surface area contributed by atoms with Crippen molar-refractivity contribution in [1.82, 2.24) is 5.32 Å². The highest BCUT2D eigenvalue weighted by molar-refractivity contribution is 6.01. The fraction of sp³-hybridized carbons (Fsp3) is 0.385. The van der Waals surface area contributed by atoms with Crippen LogP contribution < -0.4 is 10.6 Å². The summed E-state index contributed by atoms with van der Waals surface area (Å²) in [6.07, 6.45) is 0.685. The van der Waals surface area contributed by atoms with Crippen LogP contribution in [0.5, 0.6) is 0 Å². The molecule has 0 spiro atoms. The molecular formula is C13H15FN2O3. The molecule has 1 fully saturated rings. The number of carbonyl (C=O) groups excluding carboxylic acids is 1. The molecule has 1 aliphatic heterocycles. The van der Waals surface area contributed by atoms with Crippen molar-refractivity contribution in [2.24, 2.45) is 5.92 Å². The number of rotatable bonds is 3. The zero-order chi connectivity index (χ0) is 14.0. The molecule has 102 valence electrons. The van der Waals surface area contributed by atoms with E-state index < -0.39 is 11.8 Å². The van der Waals surface area contributed by atoms with Gasteiger partial charge in [-0.1, -0.05) is 0 Å². The summed E-state index contributed by atoms with van der Waals surface area (Å²) in [4.78, 5) is 23.1. The van der Waals surface area contributed by atoms with Gasteiger partial charge in [0.1, 0.15) is 5.82 Å². The Hall–Kier alpha value is -1.95. The van der Waals surface area contributed by atoms with Crippen LogP contribution in [-0.4, -0.2) is 29.6 Å². The Bertz CT molecular complexity index is 519. The second-order valence-electron chi connectivity index (χ2n) is 4.62. The van der Waals surface area contributed by atoms with Gasteiger partial charge >= 0.3 is 5.97 Å². The number of nitrogens with one attached hydrogen (secondary N) is 2. The minimum Gasteiger partial charge on any atom is -0.478 e. The molecule has 0 radical (unpaired) electrons. The molecular weight excluding hydrogens is 251 g/mol. The molecule has 2 atom stereocenters. The lowest BCUT2D eigenvalue weighted by Crippen LogP contribution is -2.32. The van der Waals surface area contributed by atoms with Gasteiger partial charge in [-0.05, 0) is 38.1 Å². The molecule has 0 bridgehead atoms. The third kappa shape index (κ3) is 2.90. The van der Waals surface area contributed by atoms with Gasteiger partial charge in [0.15, 0.2) is 0 Å². The van der Waals surface area contributed by atoms with Gasteiger partial charge in [-0.25, -0.2) is 9.18 Å². The standard InChI is InChI=1S/C13H15FN2O3/c1-7-9(4-5-15-7)12(17)16-11-6-8(14)2-3-10(11)13(18)19/h2-3,6-7,9,15H,4-5H2,1H3,(H,16,17)(H,18,19). The van der Waals surface area contributed by atoms with Crippen LogP contribution in [0.15, 0.2) is 18.2 Å². The summed E-state index contributed by atoms with van der Waals surface area (Å²) < 4.78 is 13.2. The second-order valence-corrected chi connectivity index (χ2v) is 4.62. The largest absolute Gasteiger partial charge is 0.478 e.